The Balaban J connectivity index is 1.57. The molecule has 0 saturated heterocycles. The number of fused-ring (bicyclic) bond motifs is 1. The van der Waals surface area contributed by atoms with Crippen molar-refractivity contribution in [2.75, 3.05) is 6.54 Å². The van der Waals surface area contributed by atoms with Gasteiger partial charge in [-0.1, -0.05) is 6.42 Å². The average molecular weight is 206 g/mol. The van der Waals surface area contributed by atoms with Gasteiger partial charge < -0.3 is 5.32 Å². The lowest BCUT2D eigenvalue weighted by atomic mass is 10.1. The van der Waals surface area contributed by atoms with Gasteiger partial charge in [-0.3, -0.25) is 4.79 Å². The third-order valence-electron chi connectivity index (χ3n) is 3.72. The SMILES string of the molecule is N#CCCCCNC(=O)C1C2CCCC21. The van der Waals surface area contributed by atoms with E-state index < -0.39 is 0 Å². The fourth-order valence-corrected chi connectivity index (χ4v) is 2.87. The second-order valence-electron chi connectivity index (χ2n) is 4.69. The maximum Gasteiger partial charge on any atom is 0.223 e. The molecule has 2 unspecified atom stereocenters. The Kier molecular flexibility index (Phi) is 3.25. The molecule has 2 rings (SSSR count). The quantitative estimate of drug-likeness (QED) is 0.698. The third-order valence-corrected chi connectivity index (χ3v) is 3.72. The van der Waals surface area contributed by atoms with E-state index >= 15 is 0 Å². The molecule has 82 valence electrons. The van der Waals surface area contributed by atoms with Crippen LogP contribution in [0.5, 0.6) is 0 Å². The number of nitriles is 1. The number of nitrogens with one attached hydrogen (secondary N) is 1. The summed E-state index contributed by atoms with van der Waals surface area (Å²) in [6, 6.07) is 2.11. The van der Waals surface area contributed by atoms with Crippen LogP contribution in [0.4, 0.5) is 0 Å². The number of carbonyl (C=O) groups excluding carboxylic acids is 1. The summed E-state index contributed by atoms with van der Waals surface area (Å²) >= 11 is 0. The van der Waals surface area contributed by atoms with Crippen molar-refractivity contribution >= 4 is 5.91 Å². The molecule has 3 nitrogen and oxygen atoms in total. The number of hydrogen-bond acceptors (Lipinski definition) is 2. The summed E-state index contributed by atoms with van der Waals surface area (Å²) in [5, 5.41) is 11.3. The Hall–Kier alpha value is -1.04. The first-order valence-electron chi connectivity index (χ1n) is 5.99. The van der Waals surface area contributed by atoms with Crippen molar-refractivity contribution in [3.8, 4) is 6.07 Å². The van der Waals surface area contributed by atoms with Gasteiger partial charge in [0.1, 0.15) is 0 Å². The molecule has 3 heteroatoms. The monoisotopic (exact) mass is 206 g/mol. The Bertz CT molecular complexity index is 272. The normalized spacial score (nSPS) is 31.8. The molecule has 15 heavy (non-hydrogen) atoms. The molecule has 0 aromatic rings. The molecule has 0 radical (unpaired) electrons. The Morgan fingerprint density at radius 2 is 2.07 bits per heavy atom. The zero-order valence-electron chi connectivity index (χ0n) is 9.04. The van der Waals surface area contributed by atoms with Crippen LogP contribution in [0.2, 0.25) is 0 Å². The highest BCUT2D eigenvalue weighted by Gasteiger charge is 2.56. The van der Waals surface area contributed by atoms with Crippen LogP contribution >= 0.6 is 0 Å². The van der Waals surface area contributed by atoms with Crippen LogP contribution in [-0.2, 0) is 4.79 Å². The number of nitrogens with zero attached hydrogens (tertiary/aromatic N) is 1. The van der Waals surface area contributed by atoms with E-state index in [0.29, 0.717) is 24.2 Å². The molecule has 2 fully saturated rings. The summed E-state index contributed by atoms with van der Waals surface area (Å²) in [7, 11) is 0. The smallest absolute Gasteiger partial charge is 0.223 e. The van der Waals surface area contributed by atoms with Crippen molar-refractivity contribution in [2.45, 2.75) is 38.5 Å². The predicted molar refractivity (Wildman–Crippen MR) is 56.8 cm³/mol. The highest BCUT2D eigenvalue weighted by Crippen LogP contribution is 2.57. The van der Waals surface area contributed by atoms with E-state index in [0.717, 1.165) is 19.4 Å². The van der Waals surface area contributed by atoms with Crippen LogP contribution in [0.15, 0.2) is 0 Å². The Labute approximate surface area is 90.8 Å². The zero-order chi connectivity index (χ0) is 10.7. The van der Waals surface area contributed by atoms with Crippen molar-refractivity contribution in [2.24, 2.45) is 17.8 Å². The number of amides is 1. The molecule has 0 aromatic carbocycles. The lowest BCUT2D eigenvalue weighted by Gasteiger charge is -2.05. The first kappa shape index (κ1) is 10.5. The van der Waals surface area contributed by atoms with Gasteiger partial charge in [-0.2, -0.15) is 5.26 Å². The summed E-state index contributed by atoms with van der Waals surface area (Å²) in [5.74, 6) is 2.03. The third kappa shape index (κ3) is 2.31. The maximum atomic E-state index is 11.7. The fourth-order valence-electron chi connectivity index (χ4n) is 2.87. The molecule has 2 aliphatic carbocycles. The van der Waals surface area contributed by atoms with Crippen LogP contribution in [0, 0.1) is 29.1 Å². The Morgan fingerprint density at radius 3 is 2.73 bits per heavy atom. The van der Waals surface area contributed by atoms with Gasteiger partial charge in [0.05, 0.1) is 6.07 Å². The minimum absolute atomic E-state index is 0.265. The van der Waals surface area contributed by atoms with Crippen LogP contribution in [0.1, 0.15) is 38.5 Å². The van der Waals surface area contributed by atoms with Crippen molar-refractivity contribution < 1.29 is 4.79 Å². The lowest BCUT2D eigenvalue weighted by Crippen LogP contribution is -2.27. The first-order valence-corrected chi connectivity index (χ1v) is 5.99. The second kappa shape index (κ2) is 4.65. The molecular formula is C12H18N2O. The molecule has 1 amide bonds. The summed E-state index contributed by atoms with van der Waals surface area (Å²) in [6.45, 7) is 0.746. The molecule has 0 bridgehead atoms. The highest BCUT2D eigenvalue weighted by atomic mass is 16.2. The molecule has 0 spiro atoms. The molecule has 2 aliphatic rings. The number of unbranched alkanes of at least 4 members (excludes halogenated alkanes) is 2. The molecule has 2 atom stereocenters. The van der Waals surface area contributed by atoms with Gasteiger partial charge >= 0.3 is 0 Å². The zero-order valence-corrected chi connectivity index (χ0v) is 9.04. The average Bonchev–Trinajstić information content (AvgIpc) is 2.72. The molecular weight excluding hydrogens is 188 g/mol. The lowest BCUT2D eigenvalue weighted by molar-refractivity contribution is -0.123. The largest absolute Gasteiger partial charge is 0.356 e. The van der Waals surface area contributed by atoms with Gasteiger partial charge in [0.25, 0.3) is 0 Å². The van der Waals surface area contributed by atoms with Crippen LogP contribution in [0.25, 0.3) is 0 Å². The van der Waals surface area contributed by atoms with Crippen LogP contribution in [0.3, 0.4) is 0 Å². The van der Waals surface area contributed by atoms with Crippen molar-refractivity contribution in [1.82, 2.24) is 5.32 Å². The van der Waals surface area contributed by atoms with Crippen LogP contribution in [-0.4, -0.2) is 12.5 Å². The summed E-state index contributed by atoms with van der Waals surface area (Å²) in [5.41, 5.74) is 0. The van der Waals surface area contributed by atoms with Gasteiger partial charge in [-0.15, -0.1) is 0 Å². The standard InChI is InChI=1S/C12H18N2O/c13-7-2-1-3-8-14-12(15)11-9-5-4-6-10(9)11/h9-11H,1-6,8H2,(H,14,15). The van der Waals surface area contributed by atoms with E-state index in [1.54, 1.807) is 0 Å². The first-order chi connectivity index (χ1) is 7.34. The number of rotatable bonds is 5. The number of hydrogen-bond donors (Lipinski definition) is 1. The van der Waals surface area contributed by atoms with Crippen LogP contribution < -0.4 is 5.32 Å². The number of carbonyl (C=O) groups is 1. The Morgan fingerprint density at radius 1 is 1.33 bits per heavy atom. The minimum atomic E-state index is 0.265. The van der Waals surface area contributed by atoms with Crippen molar-refractivity contribution in [3.05, 3.63) is 0 Å². The van der Waals surface area contributed by atoms with E-state index in [-0.39, 0.29) is 5.91 Å². The summed E-state index contributed by atoms with van der Waals surface area (Å²) in [4.78, 5) is 11.7. The minimum Gasteiger partial charge on any atom is -0.356 e. The molecule has 2 saturated carbocycles. The second-order valence-corrected chi connectivity index (χ2v) is 4.69. The van der Waals surface area contributed by atoms with Gasteiger partial charge in [0.2, 0.25) is 5.91 Å². The van der Waals surface area contributed by atoms with Gasteiger partial charge in [0, 0.05) is 18.9 Å². The van der Waals surface area contributed by atoms with Gasteiger partial charge in [-0.05, 0) is 37.5 Å². The highest BCUT2D eigenvalue weighted by molar-refractivity contribution is 5.82. The van der Waals surface area contributed by atoms with E-state index in [4.69, 9.17) is 5.26 Å². The van der Waals surface area contributed by atoms with E-state index in [1.807, 2.05) is 0 Å². The summed E-state index contributed by atoms with van der Waals surface area (Å²) in [6.07, 6.45) is 6.27. The molecule has 0 aliphatic heterocycles. The van der Waals surface area contributed by atoms with E-state index in [2.05, 4.69) is 11.4 Å². The van der Waals surface area contributed by atoms with Gasteiger partial charge in [0.15, 0.2) is 0 Å². The predicted octanol–water partition coefficient (Wildman–Crippen LogP) is 1.84. The molecule has 0 aromatic heterocycles. The summed E-state index contributed by atoms with van der Waals surface area (Å²) < 4.78 is 0. The van der Waals surface area contributed by atoms with E-state index in [1.165, 1.54) is 19.3 Å². The van der Waals surface area contributed by atoms with E-state index in [9.17, 15) is 4.79 Å². The molecule has 0 heterocycles. The van der Waals surface area contributed by atoms with Crippen molar-refractivity contribution in [1.29, 1.82) is 5.26 Å². The van der Waals surface area contributed by atoms with Gasteiger partial charge in [-0.25, -0.2) is 0 Å². The fraction of sp³-hybridized carbons (Fsp3) is 0.833. The van der Waals surface area contributed by atoms with Crippen molar-refractivity contribution in [3.63, 3.8) is 0 Å². The molecule has 1 N–H and O–H groups in total. The topological polar surface area (TPSA) is 52.9 Å². The maximum absolute atomic E-state index is 11.7.